The van der Waals surface area contributed by atoms with Crippen LogP contribution in [0.5, 0.6) is 0 Å². The van der Waals surface area contributed by atoms with Crippen molar-refractivity contribution in [3.63, 3.8) is 0 Å². The highest BCUT2D eigenvalue weighted by Crippen LogP contribution is 2.21. The molecule has 1 amide bonds. The summed E-state index contributed by atoms with van der Waals surface area (Å²) in [6.45, 7) is 1.31. The van der Waals surface area contributed by atoms with E-state index in [9.17, 15) is 14.7 Å². The number of hydrogen-bond donors (Lipinski definition) is 2. The van der Waals surface area contributed by atoms with Gasteiger partial charge in [0, 0.05) is 12.1 Å². The Bertz CT molecular complexity index is 516. The van der Waals surface area contributed by atoms with Gasteiger partial charge in [-0.1, -0.05) is 18.2 Å². The van der Waals surface area contributed by atoms with Crippen molar-refractivity contribution in [3.8, 4) is 0 Å². The first-order valence-corrected chi connectivity index (χ1v) is 7.41. The number of aliphatic carboxylic acids is 1. The van der Waals surface area contributed by atoms with E-state index in [1.165, 1.54) is 4.90 Å². The van der Waals surface area contributed by atoms with Gasteiger partial charge < -0.3 is 15.3 Å². The molecule has 1 heterocycles. The number of carbonyl (C=O) groups is 2. The molecule has 0 spiro atoms. The lowest BCUT2D eigenvalue weighted by molar-refractivity contribution is -0.143. The molecule has 1 saturated heterocycles. The zero-order valence-corrected chi connectivity index (χ0v) is 12.3. The van der Waals surface area contributed by atoms with Gasteiger partial charge in [0.1, 0.15) is 6.04 Å². The maximum absolute atomic E-state index is 12.7. The molecule has 0 radical (unpaired) electrons. The Kier molecular flexibility index (Phi) is 5.33. The van der Waals surface area contributed by atoms with Crippen LogP contribution in [0.3, 0.4) is 0 Å². The van der Waals surface area contributed by atoms with Crippen molar-refractivity contribution in [3.05, 3.63) is 35.4 Å². The Morgan fingerprint density at radius 2 is 2.10 bits per heavy atom. The molecule has 21 heavy (non-hydrogen) atoms. The van der Waals surface area contributed by atoms with Crippen LogP contribution in [0.4, 0.5) is 0 Å². The Balaban J connectivity index is 2.24. The van der Waals surface area contributed by atoms with Crippen molar-refractivity contribution in [2.45, 2.75) is 31.7 Å². The van der Waals surface area contributed by atoms with Gasteiger partial charge in [0.15, 0.2) is 0 Å². The summed E-state index contributed by atoms with van der Waals surface area (Å²) in [4.78, 5) is 25.6. The second-order valence-electron chi connectivity index (χ2n) is 5.36. The fourth-order valence-corrected chi connectivity index (χ4v) is 2.79. The van der Waals surface area contributed by atoms with Crippen LogP contribution in [0.2, 0.25) is 0 Å². The molecule has 1 aromatic rings. The third-order valence-electron chi connectivity index (χ3n) is 3.94. The van der Waals surface area contributed by atoms with Crippen LogP contribution in [0, 0.1) is 0 Å². The second kappa shape index (κ2) is 7.22. The largest absolute Gasteiger partial charge is 0.480 e. The van der Waals surface area contributed by atoms with E-state index in [2.05, 4.69) is 5.32 Å². The summed E-state index contributed by atoms with van der Waals surface area (Å²) in [6, 6.07) is 6.77. The zero-order valence-electron chi connectivity index (χ0n) is 12.3. The van der Waals surface area contributed by atoms with Crippen LogP contribution >= 0.6 is 0 Å². The van der Waals surface area contributed by atoms with Gasteiger partial charge in [-0.25, -0.2) is 4.79 Å². The predicted molar refractivity (Wildman–Crippen MR) is 80.4 cm³/mol. The molecule has 0 unspecified atom stereocenters. The Morgan fingerprint density at radius 3 is 2.81 bits per heavy atom. The smallest absolute Gasteiger partial charge is 0.326 e. The molecule has 1 aromatic carbocycles. The fraction of sp³-hybridized carbons (Fsp3) is 0.500. The minimum absolute atomic E-state index is 0.159. The van der Waals surface area contributed by atoms with Gasteiger partial charge in [0.2, 0.25) is 0 Å². The molecule has 0 saturated carbocycles. The summed E-state index contributed by atoms with van der Waals surface area (Å²) in [5.74, 6) is -1.07. The maximum Gasteiger partial charge on any atom is 0.326 e. The number of amides is 1. The van der Waals surface area contributed by atoms with Crippen molar-refractivity contribution in [1.29, 1.82) is 0 Å². The van der Waals surface area contributed by atoms with Gasteiger partial charge in [-0.15, -0.1) is 0 Å². The SMILES string of the molecule is CNCCc1ccccc1C(=O)N1CCCC[C@@H]1C(=O)O. The molecule has 2 rings (SSSR count). The van der Waals surface area contributed by atoms with Crippen LogP contribution in [0.15, 0.2) is 24.3 Å². The van der Waals surface area contributed by atoms with Crippen molar-refractivity contribution in [2.75, 3.05) is 20.1 Å². The molecule has 0 aromatic heterocycles. The Hall–Kier alpha value is -1.88. The van der Waals surface area contributed by atoms with Crippen molar-refractivity contribution in [2.24, 2.45) is 0 Å². The molecule has 2 N–H and O–H groups in total. The molecule has 5 heteroatoms. The van der Waals surface area contributed by atoms with Gasteiger partial charge in [-0.05, 0) is 50.9 Å². The first-order valence-electron chi connectivity index (χ1n) is 7.41. The number of hydrogen-bond acceptors (Lipinski definition) is 3. The van der Waals surface area contributed by atoms with Crippen LogP contribution in [-0.4, -0.2) is 48.1 Å². The number of nitrogens with zero attached hydrogens (tertiary/aromatic N) is 1. The second-order valence-corrected chi connectivity index (χ2v) is 5.36. The predicted octanol–water partition coefficient (Wildman–Crippen LogP) is 1.53. The van der Waals surface area contributed by atoms with Crippen molar-refractivity contribution < 1.29 is 14.7 Å². The fourth-order valence-electron chi connectivity index (χ4n) is 2.79. The summed E-state index contributed by atoms with van der Waals surface area (Å²) in [5, 5.41) is 12.4. The highest BCUT2D eigenvalue weighted by Gasteiger charge is 2.32. The van der Waals surface area contributed by atoms with Gasteiger partial charge in [-0.2, -0.15) is 0 Å². The highest BCUT2D eigenvalue weighted by molar-refractivity contribution is 5.98. The van der Waals surface area contributed by atoms with Crippen LogP contribution < -0.4 is 5.32 Å². The molecule has 114 valence electrons. The number of likely N-dealkylation sites (N-methyl/N-ethyl adjacent to an activating group) is 1. The number of carboxylic acids is 1. The highest BCUT2D eigenvalue weighted by atomic mass is 16.4. The lowest BCUT2D eigenvalue weighted by atomic mass is 9.98. The third-order valence-corrected chi connectivity index (χ3v) is 3.94. The average molecular weight is 290 g/mol. The molecule has 5 nitrogen and oxygen atoms in total. The van der Waals surface area contributed by atoms with Gasteiger partial charge in [-0.3, -0.25) is 4.79 Å². The number of carbonyl (C=O) groups excluding carboxylic acids is 1. The topological polar surface area (TPSA) is 69.6 Å². The molecule has 0 bridgehead atoms. The Labute approximate surface area is 125 Å². The van der Waals surface area contributed by atoms with Crippen LogP contribution in [0.25, 0.3) is 0 Å². The quantitative estimate of drug-likeness (QED) is 0.863. The van der Waals surface area contributed by atoms with E-state index >= 15 is 0 Å². The summed E-state index contributed by atoms with van der Waals surface area (Å²) in [7, 11) is 1.87. The number of piperidine rings is 1. The lowest BCUT2D eigenvalue weighted by Gasteiger charge is -2.33. The molecular weight excluding hydrogens is 268 g/mol. The third kappa shape index (κ3) is 3.61. The summed E-state index contributed by atoms with van der Waals surface area (Å²) in [6.07, 6.45) is 3.03. The number of likely N-dealkylation sites (tertiary alicyclic amines) is 1. The van der Waals surface area contributed by atoms with Crippen LogP contribution in [-0.2, 0) is 11.2 Å². The van der Waals surface area contributed by atoms with Gasteiger partial charge in [0.25, 0.3) is 5.91 Å². The van der Waals surface area contributed by atoms with E-state index in [0.717, 1.165) is 31.4 Å². The summed E-state index contributed by atoms with van der Waals surface area (Å²) < 4.78 is 0. The molecule has 1 aliphatic rings. The van der Waals surface area contributed by atoms with E-state index in [1.54, 1.807) is 6.07 Å². The normalized spacial score (nSPS) is 18.5. The number of rotatable bonds is 5. The number of benzene rings is 1. The molecule has 0 aliphatic carbocycles. The Morgan fingerprint density at radius 1 is 1.33 bits per heavy atom. The molecular formula is C16H22N2O3. The zero-order chi connectivity index (χ0) is 15.2. The van der Waals surface area contributed by atoms with E-state index in [-0.39, 0.29) is 5.91 Å². The lowest BCUT2D eigenvalue weighted by Crippen LogP contribution is -2.48. The standard InChI is InChI=1S/C16H22N2O3/c1-17-10-9-12-6-2-3-7-13(12)15(19)18-11-5-4-8-14(18)16(20)21/h2-3,6-7,14,17H,4-5,8-11H2,1H3,(H,20,21)/t14-/m1/s1. The minimum atomic E-state index is -0.907. The van der Waals surface area contributed by atoms with E-state index in [0.29, 0.717) is 18.5 Å². The molecule has 1 atom stereocenters. The number of nitrogens with one attached hydrogen (secondary N) is 1. The minimum Gasteiger partial charge on any atom is -0.480 e. The van der Waals surface area contributed by atoms with Crippen LogP contribution in [0.1, 0.15) is 35.2 Å². The maximum atomic E-state index is 12.7. The summed E-state index contributed by atoms with van der Waals surface area (Å²) in [5.41, 5.74) is 1.59. The van der Waals surface area contributed by atoms with E-state index in [1.807, 2.05) is 25.2 Å². The van der Waals surface area contributed by atoms with E-state index < -0.39 is 12.0 Å². The first kappa shape index (κ1) is 15.5. The summed E-state index contributed by atoms with van der Waals surface area (Å²) >= 11 is 0. The monoisotopic (exact) mass is 290 g/mol. The molecule has 1 aliphatic heterocycles. The number of carboxylic acid groups (broad SMARTS) is 1. The van der Waals surface area contributed by atoms with Gasteiger partial charge >= 0.3 is 5.97 Å². The van der Waals surface area contributed by atoms with Gasteiger partial charge in [0.05, 0.1) is 0 Å². The average Bonchev–Trinajstić information content (AvgIpc) is 2.52. The van der Waals surface area contributed by atoms with Crippen molar-refractivity contribution in [1.82, 2.24) is 10.2 Å². The molecule has 1 fully saturated rings. The van der Waals surface area contributed by atoms with Crippen molar-refractivity contribution >= 4 is 11.9 Å². The first-order chi connectivity index (χ1) is 10.1. The van der Waals surface area contributed by atoms with E-state index in [4.69, 9.17) is 0 Å².